The highest BCUT2D eigenvalue weighted by Crippen LogP contribution is 2.23. The van der Waals surface area contributed by atoms with Crippen LogP contribution in [-0.4, -0.2) is 42.4 Å². The predicted octanol–water partition coefficient (Wildman–Crippen LogP) is 3.61. The van der Waals surface area contributed by atoms with Crippen molar-refractivity contribution in [2.45, 2.75) is 6.92 Å². The summed E-state index contributed by atoms with van der Waals surface area (Å²) in [5, 5.41) is 9.83. The van der Waals surface area contributed by atoms with Gasteiger partial charge in [-0.1, -0.05) is 6.07 Å². The Hall–Kier alpha value is -3.19. The van der Waals surface area contributed by atoms with Crippen molar-refractivity contribution in [1.29, 1.82) is 0 Å². The van der Waals surface area contributed by atoms with Gasteiger partial charge in [0, 0.05) is 30.0 Å². The second kappa shape index (κ2) is 7.82. The number of rotatable bonds is 4. The van der Waals surface area contributed by atoms with Gasteiger partial charge in [0.05, 0.1) is 18.9 Å². The van der Waals surface area contributed by atoms with Gasteiger partial charge in [-0.25, -0.2) is 4.39 Å². The number of aryl methyl sites for hydroxylation is 1. The van der Waals surface area contributed by atoms with E-state index >= 15 is 0 Å². The molecule has 144 valence electrons. The molecule has 0 aliphatic carbocycles. The summed E-state index contributed by atoms with van der Waals surface area (Å²) in [6.07, 6.45) is 0. The van der Waals surface area contributed by atoms with E-state index in [4.69, 9.17) is 4.74 Å². The van der Waals surface area contributed by atoms with Crippen LogP contribution in [0.2, 0.25) is 0 Å². The average molecular weight is 380 g/mol. The maximum absolute atomic E-state index is 13.5. The Morgan fingerprint density at radius 3 is 2.79 bits per heavy atom. The molecule has 6 nitrogen and oxygen atoms in total. The smallest absolute Gasteiger partial charge is 0.273 e. The van der Waals surface area contributed by atoms with E-state index in [0.29, 0.717) is 35.9 Å². The second-order valence-corrected chi connectivity index (χ2v) is 6.73. The molecule has 0 unspecified atom stereocenters. The number of anilines is 2. The monoisotopic (exact) mass is 380 g/mol. The summed E-state index contributed by atoms with van der Waals surface area (Å²) < 4.78 is 18.8. The van der Waals surface area contributed by atoms with Crippen LogP contribution in [0, 0.1) is 12.7 Å². The fourth-order valence-corrected chi connectivity index (χ4v) is 3.19. The molecule has 1 aromatic heterocycles. The lowest BCUT2D eigenvalue weighted by Gasteiger charge is -2.29. The van der Waals surface area contributed by atoms with Crippen LogP contribution in [0.25, 0.3) is 11.3 Å². The van der Waals surface area contributed by atoms with Crippen LogP contribution >= 0.6 is 0 Å². The van der Waals surface area contributed by atoms with Gasteiger partial charge in [0.25, 0.3) is 5.91 Å². The number of ether oxygens (including phenoxy) is 1. The van der Waals surface area contributed by atoms with Crippen LogP contribution < -0.4 is 10.2 Å². The Kier molecular flexibility index (Phi) is 5.08. The number of morpholine rings is 1. The van der Waals surface area contributed by atoms with Crippen molar-refractivity contribution in [1.82, 2.24) is 10.2 Å². The largest absolute Gasteiger partial charge is 0.378 e. The number of aromatic amines is 1. The number of hydrogen-bond donors (Lipinski definition) is 2. The first-order valence-electron chi connectivity index (χ1n) is 9.16. The molecule has 0 atom stereocenters. The van der Waals surface area contributed by atoms with Crippen LogP contribution in [0.4, 0.5) is 15.8 Å². The van der Waals surface area contributed by atoms with Gasteiger partial charge in [0.15, 0.2) is 0 Å². The SMILES string of the molecule is Cc1cc(-c2cc(C(=O)Nc3cccc(N4CCOCC4)c3)[nH]n2)ccc1F. The third-order valence-electron chi connectivity index (χ3n) is 4.76. The zero-order chi connectivity index (χ0) is 19.5. The normalized spacial score (nSPS) is 14.1. The lowest BCUT2D eigenvalue weighted by Crippen LogP contribution is -2.36. The summed E-state index contributed by atoms with van der Waals surface area (Å²) >= 11 is 0. The minimum Gasteiger partial charge on any atom is -0.378 e. The van der Waals surface area contributed by atoms with E-state index in [1.165, 1.54) is 6.07 Å². The van der Waals surface area contributed by atoms with Gasteiger partial charge in [-0.15, -0.1) is 0 Å². The van der Waals surface area contributed by atoms with Crippen molar-refractivity contribution in [2.75, 3.05) is 36.5 Å². The number of amides is 1. The van der Waals surface area contributed by atoms with Crippen molar-refractivity contribution >= 4 is 17.3 Å². The van der Waals surface area contributed by atoms with Gasteiger partial charge in [0.1, 0.15) is 11.5 Å². The summed E-state index contributed by atoms with van der Waals surface area (Å²) in [5.41, 5.74) is 3.98. The number of carbonyl (C=O) groups excluding carboxylic acids is 1. The van der Waals surface area contributed by atoms with E-state index in [2.05, 4.69) is 20.4 Å². The molecule has 7 heteroatoms. The molecule has 0 bridgehead atoms. The highest BCUT2D eigenvalue weighted by atomic mass is 19.1. The molecule has 28 heavy (non-hydrogen) atoms. The standard InChI is InChI=1S/C21H21FN4O2/c1-14-11-15(5-6-18(14)22)19-13-20(25-24-19)21(27)23-16-3-2-4-17(12-16)26-7-9-28-10-8-26/h2-6,11-13H,7-10H2,1H3,(H,23,27)(H,24,25). The first-order valence-corrected chi connectivity index (χ1v) is 9.16. The van der Waals surface area contributed by atoms with Gasteiger partial charge >= 0.3 is 0 Å². The molecule has 2 heterocycles. The van der Waals surface area contributed by atoms with E-state index in [-0.39, 0.29) is 11.7 Å². The molecule has 1 saturated heterocycles. The third kappa shape index (κ3) is 3.89. The molecule has 2 aromatic carbocycles. The Balaban J connectivity index is 1.48. The van der Waals surface area contributed by atoms with Crippen LogP contribution in [0.15, 0.2) is 48.5 Å². The van der Waals surface area contributed by atoms with Crippen molar-refractivity contribution in [2.24, 2.45) is 0 Å². The zero-order valence-corrected chi connectivity index (χ0v) is 15.5. The van der Waals surface area contributed by atoms with Gasteiger partial charge in [-0.2, -0.15) is 5.10 Å². The fraction of sp³-hybridized carbons (Fsp3) is 0.238. The number of hydrogen-bond acceptors (Lipinski definition) is 4. The second-order valence-electron chi connectivity index (χ2n) is 6.73. The lowest BCUT2D eigenvalue weighted by molar-refractivity contribution is 0.102. The Labute approximate surface area is 162 Å². The first-order chi connectivity index (χ1) is 13.6. The Morgan fingerprint density at radius 2 is 2.00 bits per heavy atom. The van der Waals surface area contributed by atoms with E-state index in [0.717, 1.165) is 24.3 Å². The van der Waals surface area contributed by atoms with Gasteiger partial charge in [0.2, 0.25) is 0 Å². The van der Waals surface area contributed by atoms with Crippen molar-refractivity contribution < 1.29 is 13.9 Å². The Morgan fingerprint density at radius 1 is 1.18 bits per heavy atom. The summed E-state index contributed by atoms with van der Waals surface area (Å²) in [6.45, 7) is 4.77. The highest BCUT2D eigenvalue weighted by molar-refractivity contribution is 6.03. The minimum absolute atomic E-state index is 0.266. The molecule has 1 fully saturated rings. The summed E-state index contributed by atoms with van der Waals surface area (Å²) in [5.74, 6) is -0.547. The fourth-order valence-electron chi connectivity index (χ4n) is 3.19. The molecule has 2 N–H and O–H groups in total. The number of halogens is 1. The number of aromatic nitrogens is 2. The molecule has 0 radical (unpaired) electrons. The topological polar surface area (TPSA) is 70.2 Å². The zero-order valence-electron chi connectivity index (χ0n) is 15.5. The minimum atomic E-state index is -0.281. The maximum atomic E-state index is 13.5. The number of nitrogens with zero attached hydrogens (tertiary/aromatic N) is 2. The van der Waals surface area contributed by atoms with Gasteiger partial charge in [-0.05, 0) is 55.0 Å². The summed E-state index contributed by atoms with van der Waals surface area (Å²) in [7, 11) is 0. The molecule has 3 aromatic rings. The van der Waals surface area contributed by atoms with Crippen LogP contribution in [0.3, 0.4) is 0 Å². The Bertz CT molecular complexity index is 996. The molecular weight excluding hydrogens is 359 g/mol. The van der Waals surface area contributed by atoms with Crippen LogP contribution in [0.5, 0.6) is 0 Å². The number of H-pyrrole nitrogens is 1. The van der Waals surface area contributed by atoms with Gasteiger partial charge in [-0.3, -0.25) is 9.89 Å². The molecule has 0 spiro atoms. The summed E-state index contributed by atoms with van der Waals surface area (Å²) in [6, 6.07) is 14.1. The quantitative estimate of drug-likeness (QED) is 0.725. The molecular formula is C21H21FN4O2. The maximum Gasteiger partial charge on any atom is 0.273 e. The average Bonchev–Trinajstić information content (AvgIpc) is 3.21. The first kappa shape index (κ1) is 18.2. The van der Waals surface area contributed by atoms with E-state index in [1.807, 2.05) is 24.3 Å². The predicted molar refractivity (Wildman–Crippen MR) is 106 cm³/mol. The van der Waals surface area contributed by atoms with Crippen molar-refractivity contribution in [3.63, 3.8) is 0 Å². The van der Waals surface area contributed by atoms with E-state index < -0.39 is 0 Å². The van der Waals surface area contributed by atoms with E-state index in [1.54, 1.807) is 25.1 Å². The number of nitrogens with one attached hydrogen (secondary N) is 2. The van der Waals surface area contributed by atoms with Crippen molar-refractivity contribution in [3.05, 3.63) is 65.6 Å². The highest BCUT2D eigenvalue weighted by Gasteiger charge is 2.14. The third-order valence-corrected chi connectivity index (χ3v) is 4.76. The van der Waals surface area contributed by atoms with Crippen LogP contribution in [0.1, 0.15) is 16.1 Å². The lowest BCUT2D eigenvalue weighted by atomic mass is 10.1. The van der Waals surface area contributed by atoms with E-state index in [9.17, 15) is 9.18 Å². The van der Waals surface area contributed by atoms with Crippen LogP contribution in [-0.2, 0) is 4.74 Å². The molecule has 1 aliphatic heterocycles. The van der Waals surface area contributed by atoms with Crippen molar-refractivity contribution in [3.8, 4) is 11.3 Å². The number of benzene rings is 2. The number of carbonyl (C=O) groups is 1. The van der Waals surface area contributed by atoms with Gasteiger partial charge < -0.3 is 15.0 Å². The summed E-state index contributed by atoms with van der Waals surface area (Å²) in [4.78, 5) is 14.8. The molecule has 1 aliphatic rings. The molecule has 1 amide bonds. The molecule has 4 rings (SSSR count). The molecule has 0 saturated carbocycles.